The van der Waals surface area contributed by atoms with Gasteiger partial charge in [-0.15, -0.1) is 12.4 Å². The molecule has 1 nitrogen and oxygen atoms in total. The first kappa shape index (κ1) is 23.2. The van der Waals surface area contributed by atoms with Crippen LogP contribution >= 0.6 is 12.4 Å². The van der Waals surface area contributed by atoms with Gasteiger partial charge < -0.3 is 5.32 Å². The molecule has 0 saturated carbocycles. The molecule has 1 N–H and O–H groups in total. The quantitative estimate of drug-likeness (QED) is 0.323. The third kappa shape index (κ3) is 14.3. The number of hydrogen-bond donors (Lipinski definition) is 1. The number of halogens is 1. The molecule has 0 aromatic carbocycles. The molecular formula is C21H44ClN. The van der Waals surface area contributed by atoms with Crippen molar-refractivity contribution < 1.29 is 0 Å². The molecule has 2 atom stereocenters. The summed E-state index contributed by atoms with van der Waals surface area (Å²) < 4.78 is 0. The van der Waals surface area contributed by atoms with E-state index in [1.165, 1.54) is 109 Å². The first-order chi connectivity index (χ1) is 10.8. The second-order valence-electron chi connectivity index (χ2n) is 7.73. The van der Waals surface area contributed by atoms with Crippen molar-refractivity contribution in [3.05, 3.63) is 0 Å². The average molecular weight is 346 g/mol. The van der Waals surface area contributed by atoms with E-state index in [1.807, 2.05) is 0 Å². The van der Waals surface area contributed by atoms with Crippen LogP contribution in [-0.2, 0) is 0 Å². The summed E-state index contributed by atoms with van der Waals surface area (Å²) in [5.74, 6) is 0. The van der Waals surface area contributed by atoms with E-state index in [0.717, 1.165) is 12.1 Å². The highest BCUT2D eigenvalue weighted by Gasteiger charge is 2.16. The molecule has 1 heterocycles. The van der Waals surface area contributed by atoms with Crippen LogP contribution in [0.25, 0.3) is 0 Å². The Kier molecular flexibility index (Phi) is 17.3. The van der Waals surface area contributed by atoms with Crippen molar-refractivity contribution in [1.29, 1.82) is 0 Å². The van der Waals surface area contributed by atoms with Crippen LogP contribution < -0.4 is 5.32 Å². The Bertz CT molecular complexity index is 232. The fourth-order valence-corrected chi connectivity index (χ4v) is 3.88. The van der Waals surface area contributed by atoms with Crippen LogP contribution in [0.15, 0.2) is 0 Å². The van der Waals surface area contributed by atoms with Crippen molar-refractivity contribution in [1.82, 2.24) is 5.32 Å². The first-order valence-corrected chi connectivity index (χ1v) is 10.6. The third-order valence-electron chi connectivity index (χ3n) is 5.37. The lowest BCUT2D eigenvalue weighted by Crippen LogP contribution is -2.40. The summed E-state index contributed by atoms with van der Waals surface area (Å²) in [6.45, 7) is 4.64. The van der Waals surface area contributed by atoms with Gasteiger partial charge in [0.1, 0.15) is 0 Å². The van der Waals surface area contributed by atoms with Crippen LogP contribution in [0, 0.1) is 0 Å². The Morgan fingerprint density at radius 1 is 0.696 bits per heavy atom. The minimum absolute atomic E-state index is 0. The fourth-order valence-electron chi connectivity index (χ4n) is 3.88. The van der Waals surface area contributed by atoms with Gasteiger partial charge in [-0.25, -0.2) is 0 Å². The molecule has 0 radical (unpaired) electrons. The SMILES string of the molecule is CCCCCCCCCCCCCCC[C@@H]1CCC[C@@H](C)N1.Cl. The predicted molar refractivity (Wildman–Crippen MR) is 108 cm³/mol. The maximum atomic E-state index is 3.76. The van der Waals surface area contributed by atoms with Gasteiger partial charge in [-0.3, -0.25) is 0 Å². The Labute approximate surface area is 153 Å². The van der Waals surface area contributed by atoms with E-state index in [-0.39, 0.29) is 12.4 Å². The minimum Gasteiger partial charge on any atom is -0.312 e. The van der Waals surface area contributed by atoms with Crippen LogP contribution in [0.2, 0.25) is 0 Å². The summed E-state index contributed by atoms with van der Waals surface area (Å²) in [5, 5.41) is 3.76. The molecule has 2 heteroatoms. The lowest BCUT2D eigenvalue weighted by Gasteiger charge is -2.28. The van der Waals surface area contributed by atoms with E-state index in [9.17, 15) is 0 Å². The van der Waals surface area contributed by atoms with Crippen molar-refractivity contribution in [2.75, 3.05) is 0 Å². The zero-order valence-corrected chi connectivity index (χ0v) is 16.9. The number of piperidine rings is 1. The molecule has 1 aliphatic rings. The molecule has 0 aromatic rings. The standard InChI is InChI=1S/C21H43N.ClH/c1-3-4-5-6-7-8-9-10-11-12-13-14-15-18-21-19-16-17-20(2)22-21;/h20-22H,3-19H2,1-2H3;1H/t20-,21-;/m1./s1. The van der Waals surface area contributed by atoms with Gasteiger partial charge >= 0.3 is 0 Å². The van der Waals surface area contributed by atoms with Crippen LogP contribution in [0.5, 0.6) is 0 Å². The Morgan fingerprint density at radius 3 is 1.65 bits per heavy atom. The summed E-state index contributed by atoms with van der Waals surface area (Å²) in [6.07, 6.45) is 24.7. The van der Waals surface area contributed by atoms with Crippen molar-refractivity contribution in [3.8, 4) is 0 Å². The second kappa shape index (κ2) is 17.1. The number of rotatable bonds is 14. The smallest absolute Gasteiger partial charge is 0.00695 e. The minimum atomic E-state index is 0. The molecule has 1 aliphatic heterocycles. The Balaban J connectivity index is 0.00000484. The maximum Gasteiger partial charge on any atom is 0.00695 e. The highest BCUT2D eigenvalue weighted by molar-refractivity contribution is 5.85. The van der Waals surface area contributed by atoms with Crippen LogP contribution in [0.4, 0.5) is 0 Å². The van der Waals surface area contributed by atoms with E-state index in [1.54, 1.807) is 0 Å². The van der Waals surface area contributed by atoms with Crippen LogP contribution in [0.3, 0.4) is 0 Å². The number of hydrogen-bond acceptors (Lipinski definition) is 1. The zero-order chi connectivity index (χ0) is 15.9. The summed E-state index contributed by atoms with van der Waals surface area (Å²) in [6, 6.07) is 1.59. The van der Waals surface area contributed by atoms with E-state index in [4.69, 9.17) is 0 Å². The van der Waals surface area contributed by atoms with Gasteiger partial charge in [-0.05, 0) is 26.2 Å². The van der Waals surface area contributed by atoms with Gasteiger partial charge in [-0.2, -0.15) is 0 Å². The zero-order valence-electron chi connectivity index (χ0n) is 16.1. The largest absolute Gasteiger partial charge is 0.312 e. The van der Waals surface area contributed by atoms with Gasteiger partial charge in [-0.1, -0.05) is 96.8 Å². The first-order valence-electron chi connectivity index (χ1n) is 10.6. The molecule has 0 amide bonds. The molecule has 0 spiro atoms. The fraction of sp³-hybridized carbons (Fsp3) is 1.00. The highest BCUT2D eigenvalue weighted by atomic mass is 35.5. The maximum absolute atomic E-state index is 3.76. The third-order valence-corrected chi connectivity index (χ3v) is 5.37. The van der Waals surface area contributed by atoms with Gasteiger partial charge in [0.05, 0.1) is 0 Å². The van der Waals surface area contributed by atoms with Gasteiger partial charge in [0.25, 0.3) is 0 Å². The van der Waals surface area contributed by atoms with E-state index in [2.05, 4.69) is 19.2 Å². The average Bonchev–Trinajstić information content (AvgIpc) is 2.52. The molecule has 0 bridgehead atoms. The van der Waals surface area contributed by atoms with Crippen molar-refractivity contribution in [3.63, 3.8) is 0 Å². The highest BCUT2D eigenvalue weighted by Crippen LogP contribution is 2.18. The predicted octanol–water partition coefficient (Wildman–Crippen LogP) is 7.42. The lowest BCUT2D eigenvalue weighted by molar-refractivity contribution is 0.314. The van der Waals surface area contributed by atoms with Gasteiger partial charge in [0, 0.05) is 12.1 Å². The van der Waals surface area contributed by atoms with E-state index >= 15 is 0 Å². The number of unbranched alkanes of at least 4 members (excludes halogenated alkanes) is 12. The second-order valence-corrected chi connectivity index (χ2v) is 7.73. The van der Waals surface area contributed by atoms with Crippen molar-refractivity contribution >= 4 is 12.4 Å². The van der Waals surface area contributed by atoms with Gasteiger partial charge in [0.15, 0.2) is 0 Å². The summed E-state index contributed by atoms with van der Waals surface area (Å²) in [5.41, 5.74) is 0. The molecule has 0 unspecified atom stereocenters. The molecule has 23 heavy (non-hydrogen) atoms. The molecular weight excluding hydrogens is 302 g/mol. The van der Waals surface area contributed by atoms with Crippen molar-refractivity contribution in [2.24, 2.45) is 0 Å². The van der Waals surface area contributed by atoms with E-state index in [0.29, 0.717) is 0 Å². The molecule has 1 rings (SSSR count). The monoisotopic (exact) mass is 345 g/mol. The summed E-state index contributed by atoms with van der Waals surface area (Å²) >= 11 is 0. The molecule has 0 aliphatic carbocycles. The molecule has 1 fully saturated rings. The van der Waals surface area contributed by atoms with Gasteiger partial charge in [0.2, 0.25) is 0 Å². The Morgan fingerprint density at radius 2 is 1.17 bits per heavy atom. The van der Waals surface area contributed by atoms with Crippen molar-refractivity contribution in [2.45, 2.75) is 135 Å². The molecule has 1 saturated heterocycles. The lowest BCUT2D eigenvalue weighted by atomic mass is 9.95. The summed E-state index contributed by atoms with van der Waals surface area (Å²) in [7, 11) is 0. The normalized spacial score (nSPS) is 21.1. The summed E-state index contributed by atoms with van der Waals surface area (Å²) in [4.78, 5) is 0. The Hall–Kier alpha value is 0.250. The van der Waals surface area contributed by atoms with Crippen LogP contribution in [0.1, 0.15) is 123 Å². The molecule has 0 aromatic heterocycles. The van der Waals surface area contributed by atoms with E-state index < -0.39 is 0 Å². The van der Waals surface area contributed by atoms with Crippen LogP contribution in [-0.4, -0.2) is 12.1 Å². The number of nitrogens with one attached hydrogen (secondary N) is 1. The molecule has 140 valence electrons. The topological polar surface area (TPSA) is 12.0 Å².